The first-order chi connectivity index (χ1) is 9.45. The maximum Gasteiger partial charge on any atom is 0.308 e. The number of aliphatic hydroxyl groups is 1. The molecular weight excluding hydrogens is 260 g/mol. The Labute approximate surface area is 119 Å². The first-order valence-electron chi connectivity index (χ1n) is 6.57. The zero-order valence-electron chi connectivity index (χ0n) is 12.1. The van der Waals surface area contributed by atoms with Gasteiger partial charge in [0.25, 0.3) is 0 Å². The summed E-state index contributed by atoms with van der Waals surface area (Å²) in [6.45, 7) is 4.00. The summed E-state index contributed by atoms with van der Waals surface area (Å²) in [7, 11) is 1.61. The Bertz CT molecular complexity index is 415. The molecule has 0 heterocycles. The van der Waals surface area contributed by atoms with Gasteiger partial charge in [0, 0.05) is 5.92 Å². The van der Waals surface area contributed by atoms with E-state index in [1.54, 1.807) is 14.0 Å². The highest BCUT2D eigenvalue weighted by Crippen LogP contribution is 2.16. The van der Waals surface area contributed by atoms with Gasteiger partial charge in [-0.25, -0.2) is 0 Å². The zero-order valence-corrected chi connectivity index (χ0v) is 12.1. The number of aliphatic carboxylic acids is 1. The lowest BCUT2D eigenvalue weighted by molar-refractivity contribution is -0.146. The number of hydrogen-bond acceptors (Lipinski definition) is 4. The molecule has 0 saturated carbocycles. The molecular formula is C15H22O5. The molecule has 112 valence electrons. The third-order valence-corrected chi connectivity index (χ3v) is 3.29. The summed E-state index contributed by atoms with van der Waals surface area (Å²) in [5.41, 5.74) is 0.999. The van der Waals surface area contributed by atoms with Gasteiger partial charge >= 0.3 is 5.97 Å². The van der Waals surface area contributed by atoms with Crippen LogP contribution in [0.1, 0.15) is 19.4 Å². The van der Waals surface area contributed by atoms with E-state index in [-0.39, 0.29) is 5.92 Å². The fourth-order valence-electron chi connectivity index (χ4n) is 1.82. The second-order valence-electron chi connectivity index (χ2n) is 4.96. The number of aliphatic hydroxyl groups excluding tert-OH is 1. The van der Waals surface area contributed by atoms with Gasteiger partial charge < -0.3 is 19.7 Å². The van der Waals surface area contributed by atoms with Crippen molar-refractivity contribution in [2.75, 3.05) is 13.7 Å². The lowest BCUT2D eigenvalue weighted by atomic mass is 9.94. The van der Waals surface area contributed by atoms with E-state index in [2.05, 4.69) is 0 Å². The molecule has 0 saturated heterocycles. The number of carbonyl (C=O) groups is 1. The SMILES string of the molecule is COc1ccc(COC[C@H](C)C(O)C(C)C(=O)O)cc1. The van der Waals surface area contributed by atoms with Crippen LogP contribution in [-0.4, -0.2) is 36.0 Å². The average molecular weight is 282 g/mol. The van der Waals surface area contributed by atoms with Crippen LogP contribution in [0.3, 0.4) is 0 Å². The third kappa shape index (κ3) is 4.83. The molecule has 0 aliphatic heterocycles. The maximum atomic E-state index is 10.8. The number of rotatable bonds is 8. The van der Waals surface area contributed by atoms with Crippen LogP contribution < -0.4 is 4.74 Å². The van der Waals surface area contributed by atoms with Crippen molar-refractivity contribution in [2.45, 2.75) is 26.6 Å². The van der Waals surface area contributed by atoms with Crippen molar-refractivity contribution in [1.29, 1.82) is 0 Å². The Hall–Kier alpha value is -1.59. The second-order valence-corrected chi connectivity index (χ2v) is 4.96. The Morgan fingerprint density at radius 2 is 1.85 bits per heavy atom. The van der Waals surface area contributed by atoms with Gasteiger partial charge in [0.05, 0.1) is 32.3 Å². The van der Waals surface area contributed by atoms with Gasteiger partial charge in [-0.2, -0.15) is 0 Å². The Balaban J connectivity index is 2.37. The van der Waals surface area contributed by atoms with Gasteiger partial charge in [0.2, 0.25) is 0 Å². The summed E-state index contributed by atoms with van der Waals surface area (Å²) in [5.74, 6) is -1.25. The van der Waals surface area contributed by atoms with E-state index < -0.39 is 18.0 Å². The van der Waals surface area contributed by atoms with Crippen molar-refractivity contribution < 1.29 is 24.5 Å². The highest BCUT2D eigenvalue weighted by atomic mass is 16.5. The Kier molecular flexibility index (Phi) is 6.48. The van der Waals surface area contributed by atoms with E-state index in [1.807, 2.05) is 24.3 Å². The number of ether oxygens (including phenoxy) is 2. The molecule has 5 nitrogen and oxygen atoms in total. The Morgan fingerprint density at radius 3 is 2.35 bits per heavy atom. The van der Waals surface area contributed by atoms with Crippen LogP contribution in [0.5, 0.6) is 5.75 Å². The van der Waals surface area contributed by atoms with Gasteiger partial charge in [0.15, 0.2) is 0 Å². The molecule has 0 amide bonds. The molecule has 2 N–H and O–H groups in total. The average Bonchev–Trinajstić information content (AvgIpc) is 2.46. The van der Waals surface area contributed by atoms with Crippen LogP contribution in [0.15, 0.2) is 24.3 Å². The summed E-state index contributed by atoms with van der Waals surface area (Å²) in [6.07, 6.45) is -0.914. The van der Waals surface area contributed by atoms with E-state index in [4.69, 9.17) is 14.6 Å². The lowest BCUT2D eigenvalue weighted by Crippen LogP contribution is -2.33. The van der Waals surface area contributed by atoms with E-state index in [1.165, 1.54) is 6.92 Å². The molecule has 1 rings (SSSR count). The summed E-state index contributed by atoms with van der Waals surface area (Å²) < 4.78 is 10.6. The zero-order chi connectivity index (χ0) is 15.1. The van der Waals surface area contributed by atoms with Gasteiger partial charge in [-0.3, -0.25) is 4.79 Å². The van der Waals surface area contributed by atoms with Crippen molar-refractivity contribution >= 4 is 5.97 Å². The minimum absolute atomic E-state index is 0.237. The molecule has 2 unspecified atom stereocenters. The predicted octanol–water partition coefficient (Wildman–Crippen LogP) is 1.93. The van der Waals surface area contributed by atoms with Crippen LogP contribution in [0.2, 0.25) is 0 Å². The van der Waals surface area contributed by atoms with Crippen molar-refractivity contribution in [3.05, 3.63) is 29.8 Å². The van der Waals surface area contributed by atoms with E-state index in [0.717, 1.165) is 11.3 Å². The van der Waals surface area contributed by atoms with Crippen LogP contribution in [-0.2, 0) is 16.1 Å². The number of hydrogen-bond donors (Lipinski definition) is 2. The van der Waals surface area contributed by atoms with Gasteiger partial charge in [0.1, 0.15) is 5.75 Å². The molecule has 0 aromatic heterocycles. The molecule has 0 aliphatic rings. The lowest BCUT2D eigenvalue weighted by Gasteiger charge is -2.22. The van der Waals surface area contributed by atoms with Gasteiger partial charge in [-0.15, -0.1) is 0 Å². The van der Waals surface area contributed by atoms with E-state index >= 15 is 0 Å². The number of carboxylic acids is 1. The minimum atomic E-state index is -1.00. The van der Waals surface area contributed by atoms with Crippen molar-refractivity contribution in [2.24, 2.45) is 11.8 Å². The monoisotopic (exact) mass is 282 g/mol. The van der Waals surface area contributed by atoms with Crippen LogP contribution in [0.25, 0.3) is 0 Å². The van der Waals surface area contributed by atoms with E-state index in [9.17, 15) is 9.90 Å². The largest absolute Gasteiger partial charge is 0.497 e. The molecule has 5 heteroatoms. The summed E-state index contributed by atoms with van der Waals surface area (Å²) in [6, 6.07) is 7.51. The van der Waals surface area contributed by atoms with Gasteiger partial charge in [-0.05, 0) is 24.6 Å². The van der Waals surface area contributed by atoms with Crippen LogP contribution in [0.4, 0.5) is 0 Å². The topological polar surface area (TPSA) is 76.0 Å². The minimum Gasteiger partial charge on any atom is -0.497 e. The molecule has 20 heavy (non-hydrogen) atoms. The fraction of sp³-hybridized carbons (Fsp3) is 0.533. The third-order valence-electron chi connectivity index (χ3n) is 3.29. The summed E-state index contributed by atoms with van der Waals surface area (Å²) in [5, 5.41) is 18.7. The van der Waals surface area contributed by atoms with E-state index in [0.29, 0.717) is 13.2 Å². The fourth-order valence-corrected chi connectivity index (χ4v) is 1.82. The molecule has 0 radical (unpaired) electrons. The standard InChI is InChI=1S/C15H22O5/c1-10(14(16)11(2)15(17)18)8-20-9-12-4-6-13(19-3)7-5-12/h4-7,10-11,14,16H,8-9H2,1-3H3,(H,17,18)/t10-,11?,14?/m0/s1. The molecule has 0 aliphatic carbocycles. The smallest absolute Gasteiger partial charge is 0.308 e. The highest BCUT2D eigenvalue weighted by molar-refractivity contribution is 5.70. The number of carboxylic acid groups (broad SMARTS) is 1. The predicted molar refractivity (Wildman–Crippen MR) is 74.6 cm³/mol. The van der Waals surface area contributed by atoms with Crippen molar-refractivity contribution in [3.8, 4) is 5.75 Å². The summed E-state index contributed by atoms with van der Waals surface area (Å²) in [4.78, 5) is 10.8. The number of methoxy groups -OCH3 is 1. The quantitative estimate of drug-likeness (QED) is 0.762. The normalized spacial score (nSPS) is 15.4. The molecule has 0 bridgehead atoms. The Morgan fingerprint density at radius 1 is 1.25 bits per heavy atom. The first-order valence-corrected chi connectivity index (χ1v) is 6.57. The molecule has 1 aromatic rings. The summed E-state index contributed by atoms with van der Waals surface area (Å²) >= 11 is 0. The van der Waals surface area contributed by atoms with Crippen molar-refractivity contribution in [3.63, 3.8) is 0 Å². The molecule has 1 aromatic carbocycles. The van der Waals surface area contributed by atoms with Crippen LogP contribution in [0, 0.1) is 11.8 Å². The molecule has 3 atom stereocenters. The van der Waals surface area contributed by atoms with Crippen molar-refractivity contribution in [1.82, 2.24) is 0 Å². The first kappa shape index (κ1) is 16.5. The molecule has 0 spiro atoms. The highest BCUT2D eigenvalue weighted by Gasteiger charge is 2.26. The van der Waals surface area contributed by atoms with Crippen LogP contribution >= 0.6 is 0 Å². The maximum absolute atomic E-state index is 10.8. The second kappa shape index (κ2) is 7.87. The number of benzene rings is 1. The van der Waals surface area contributed by atoms with Gasteiger partial charge in [-0.1, -0.05) is 19.1 Å². The molecule has 0 fully saturated rings.